The van der Waals surface area contributed by atoms with Crippen LogP contribution in [0.15, 0.2) is 53.3 Å². The number of hydrogen-bond acceptors (Lipinski definition) is 6. The Hall–Kier alpha value is -3.01. The maximum atomic E-state index is 12.7. The number of aromatic nitrogens is 1. The first kappa shape index (κ1) is 22.2. The summed E-state index contributed by atoms with van der Waals surface area (Å²) in [5, 5.41) is 8.56. The molecule has 1 aliphatic carbocycles. The summed E-state index contributed by atoms with van der Waals surface area (Å²) in [7, 11) is -1.80. The topological polar surface area (TPSA) is 100 Å². The van der Waals surface area contributed by atoms with Crippen molar-refractivity contribution >= 4 is 44.7 Å². The molecule has 2 aromatic carbocycles. The fourth-order valence-corrected chi connectivity index (χ4v) is 5.28. The van der Waals surface area contributed by atoms with E-state index in [1.807, 2.05) is 25.1 Å². The van der Waals surface area contributed by atoms with Crippen LogP contribution in [-0.2, 0) is 10.0 Å². The van der Waals surface area contributed by atoms with Crippen molar-refractivity contribution in [2.45, 2.75) is 30.7 Å². The summed E-state index contributed by atoms with van der Waals surface area (Å²) in [5.41, 5.74) is 3.87. The Kier molecular flexibility index (Phi) is 6.14. The molecule has 1 fully saturated rings. The Morgan fingerprint density at radius 3 is 2.56 bits per heavy atom. The largest absolute Gasteiger partial charge is 0.388 e. The van der Waals surface area contributed by atoms with Crippen LogP contribution >= 0.6 is 11.3 Å². The van der Waals surface area contributed by atoms with Crippen molar-refractivity contribution in [2.75, 3.05) is 17.7 Å². The summed E-state index contributed by atoms with van der Waals surface area (Å²) in [6, 6.07) is 10.5. The highest BCUT2D eigenvalue weighted by Gasteiger charge is 2.28. The highest BCUT2D eigenvalue weighted by atomic mass is 32.2. The van der Waals surface area contributed by atoms with E-state index in [1.54, 1.807) is 36.7 Å². The molecule has 1 amide bonds. The average Bonchev–Trinajstić information content (AvgIpc) is 3.48. The van der Waals surface area contributed by atoms with Crippen LogP contribution in [0.4, 0.5) is 11.4 Å². The van der Waals surface area contributed by atoms with Crippen molar-refractivity contribution in [2.24, 2.45) is 0 Å². The minimum absolute atomic E-state index is 0.0302. The lowest BCUT2D eigenvalue weighted by atomic mass is 10.00. The molecule has 4 rings (SSSR count). The number of carbonyl (C=O) groups is 1. The van der Waals surface area contributed by atoms with E-state index in [2.05, 4.69) is 26.9 Å². The number of rotatable bonds is 8. The van der Waals surface area contributed by atoms with Gasteiger partial charge >= 0.3 is 0 Å². The first-order valence-corrected chi connectivity index (χ1v) is 12.5. The molecule has 0 spiro atoms. The normalized spacial score (nSPS) is 13.6. The number of sulfonamides is 1. The quantitative estimate of drug-likeness (QED) is 0.452. The van der Waals surface area contributed by atoms with Crippen LogP contribution < -0.4 is 15.4 Å². The molecule has 0 unspecified atom stereocenters. The van der Waals surface area contributed by atoms with E-state index >= 15 is 0 Å². The van der Waals surface area contributed by atoms with E-state index in [9.17, 15) is 13.2 Å². The zero-order valence-electron chi connectivity index (χ0n) is 17.8. The molecule has 1 saturated carbocycles. The minimum Gasteiger partial charge on any atom is -0.388 e. The second kappa shape index (κ2) is 8.85. The fraction of sp³-hybridized carbons (Fsp3) is 0.217. The highest BCUT2D eigenvalue weighted by molar-refractivity contribution is 7.89. The maximum Gasteiger partial charge on any atom is 0.275 e. The molecular weight excluding hydrogens is 444 g/mol. The van der Waals surface area contributed by atoms with Crippen LogP contribution in [0.2, 0.25) is 0 Å². The molecule has 166 valence electrons. The summed E-state index contributed by atoms with van der Waals surface area (Å²) in [5.74, 6) is -0.318. The van der Waals surface area contributed by atoms with Gasteiger partial charge < -0.3 is 10.6 Å². The van der Waals surface area contributed by atoms with Gasteiger partial charge in [-0.1, -0.05) is 24.8 Å². The molecule has 0 radical (unpaired) electrons. The van der Waals surface area contributed by atoms with Crippen molar-refractivity contribution in [3.05, 3.63) is 64.6 Å². The van der Waals surface area contributed by atoms with Crippen molar-refractivity contribution < 1.29 is 13.2 Å². The predicted molar refractivity (Wildman–Crippen MR) is 130 cm³/mol. The molecule has 7 nitrogen and oxygen atoms in total. The van der Waals surface area contributed by atoms with Gasteiger partial charge in [-0.15, -0.1) is 11.3 Å². The van der Waals surface area contributed by atoms with E-state index in [4.69, 9.17) is 0 Å². The third-order valence-electron chi connectivity index (χ3n) is 5.13. The van der Waals surface area contributed by atoms with Crippen LogP contribution in [-0.4, -0.2) is 32.4 Å². The molecule has 0 bridgehead atoms. The van der Waals surface area contributed by atoms with E-state index in [1.165, 1.54) is 11.3 Å². The SMILES string of the molecule is C=Cc1c(NC)cc(-c2cccc(S(=O)(=O)NC3CC3)c2)cc1NC(=O)c1csc(C)n1. The second-order valence-electron chi connectivity index (χ2n) is 7.57. The molecule has 32 heavy (non-hydrogen) atoms. The standard InChI is InChI=1S/C23H24N4O3S2/c1-4-19-20(24-3)11-16(12-21(19)26-23(28)22-13-31-14(2)25-22)15-6-5-7-18(10-15)32(29,30)27-17-8-9-17/h4-7,10-13,17,24,27H,1,8-9H2,2-3H3,(H,26,28). The zero-order valence-corrected chi connectivity index (χ0v) is 19.4. The van der Waals surface area contributed by atoms with Gasteiger partial charge in [0.15, 0.2) is 0 Å². The molecule has 3 aromatic rings. The number of thiazole rings is 1. The number of hydrogen-bond donors (Lipinski definition) is 3. The zero-order chi connectivity index (χ0) is 22.9. The Morgan fingerprint density at radius 1 is 1.19 bits per heavy atom. The highest BCUT2D eigenvalue weighted by Crippen LogP contribution is 2.34. The average molecular weight is 469 g/mol. The molecule has 3 N–H and O–H groups in total. The van der Waals surface area contributed by atoms with Gasteiger partial charge in [0.05, 0.1) is 15.6 Å². The summed E-state index contributed by atoms with van der Waals surface area (Å²) < 4.78 is 28.0. The van der Waals surface area contributed by atoms with Crippen molar-refractivity contribution in [3.63, 3.8) is 0 Å². The van der Waals surface area contributed by atoms with Gasteiger partial charge in [-0.05, 0) is 55.2 Å². The van der Waals surface area contributed by atoms with E-state index in [-0.39, 0.29) is 16.8 Å². The number of benzene rings is 2. The smallest absolute Gasteiger partial charge is 0.275 e. The number of carbonyl (C=O) groups excluding carboxylic acids is 1. The molecule has 1 heterocycles. The van der Waals surface area contributed by atoms with E-state index in [0.29, 0.717) is 11.4 Å². The van der Waals surface area contributed by atoms with Gasteiger partial charge in [0.1, 0.15) is 5.69 Å². The molecule has 0 saturated heterocycles. The summed E-state index contributed by atoms with van der Waals surface area (Å²) in [4.78, 5) is 17.2. The minimum atomic E-state index is -3.58. The molecule has 9 heteroatoms. The summed E-state index contributed by atoms with van der Waals surface area (Å²) >= 11 is 1.41. The van der Waals surface area contributed by atoms with Gasteiger partial charge in [-0.2, -0.15) is 0 Å². The van der Waals surface area contributed by atoms with Crippen molar-refractivity contribution in [3.8, 4) is 11.1 Å². The van der Waals surface area contributed by atoms with Crippen molar-refractivity contribution in [1.29, 1.82) is 0 Å². The van der Waals surface area contributed by atoms with Gasteiger partial charge in [-0.3, -0.25) is 4.79 Å². The molecular formula is C23H24N4O3S2. The Morgan fingerprint density at radius 2 is 1.94 bits per heavy atom. The summed E-state index contributed by atoms with van der Waals surface area (Å²) in [6.07, 6.45) is 3.40. The fourth-order valence-electron chi connectivity index (χ4n) is 3.34. The van der Waals surface area contributed by atoms with Gasteiger partial charge in [0.25, 0.3) is 5.91 Å². The number of anilines is 2. The Labute approximate surface area is 191 Å². The van der Waals surface area contributed by atoms with Crippen LogP contribution in [0.25, 0.3) is 17.2 Å². The van der Waals surface area contributed by atoms with Gasteiger partial charge in [0, 0.05) is 29.7 Å². The first-order chi connectivity index (χ1) is 15.3. The van der Waals surface area contributed by atoms with Crippen LogP contribution in [0.1, 0.15) is 33.9 Å². The lowest BCUT2D eigenvalue weighted by Crippen LogP contribution is -2.25. The maximum absolute atomic E-state index is 12.7. The first-order valence-electron chi connectivity index (χ1n) is 10.1. The van der Waals surface area contributed by atoms with E-state index in [0.717, 1.165) is 40.2 Å². The van der Waals surface area contributed by atoms with Crippen LogP contribution in [0, 0.1) is 6.92 Å². The molecule has 0 aliphatic heterocycles. The number of nitrogens with one attached hydrogen (secondary N) is 3. The Balaban J connectivity index is 1.73. The second-order valence-corrected chi connectivity index (χ2v) is 10.3. The van der Waals surface area contributed by atoms with Crippen molar-refractivity contribution in [1.82, 2.24) is 9.71 Å². The third kappa shape index (κ3) is 4.74. The number of nitrogens with zero attached hydrogens (tertiary/aromatic N) is 1. The van der Waals surface area contributed by atoms with E-state index < -0.39 is 10.0 Å². The lowest BCUT2D eigenvalue weighted by Gasteiger charge is -2.16. The third-order valence-corrected chi connectivity index (χ3v) is 7.42. The molecule has 0 atom stereocenters. The molecule has 1 aromatic heterocycles. The van der Waals surface area contributed by atoms with Crippen LogP contribution in [0.3, 0.4) is 0 Å². The predicted octanol–water partition coefficient (Wildman–Crippen LogP) is 4.50. The van der Waals surface area contributed by atoms with Gasteiger partial charge in [0.2, 0.25) is 10.0 Å². The lowest BCUT2D eigenvalue weighted by molar-refractivity contribution is 0.102. The van der Waals surface area contributed by atoms with Gasteiger partial charge in [-0.25, -0.2) is 18.1 Å². The monoisotopic (exact) mass is 468 g/mol. The number of amides is 1. The van der Waals surface area contributed by atoms with Crippen LogP contribution in [0.5, 0.6) is 0 Å². The summed E-state index contributed by atoms with van der Waals surface area (Å²) in [6.45, 7) is 5.72. The Bertz CT molecular complexity index is 1290. The molecule has 1 aliphatic rings. The number of aryl methyl sites for hydroxylation is 1.